The van der Waals surface area contributed by atoms with E-state index in [1.54, 1.807) is 0 Å². The summed E-state index contributed by atoms with van der Waals surface area (Å²) in [6.07, 6.45) is 0. The van der Waals surface area contributed by atoms with Crippen LogP contribution in [0.4, 0.5) is 17.3 Å². The van der Waals surface area contributed by atoms with Gasteiger partial charge < -0.3 is 10.6 Å². The molecule has 0 aliphatic carbocycles. The highest BCUT2D eigenvalue weighted by Crippen LogP contribution is 2.25. The molecule has 0 spiro atoms. The molecule has 1 heterocycles. The number of hydrogen-bond acceptors (Lipinski definition) is 4. The third kappa shape index (κ3) is 3.23. The van der Waals surface area contributed by atoms with Crippen molar-refractivity contribution in [3.05, 3.63) is 38.7 Å². The quantitative estimate of drug-likeness (QED) is 0.802. The summed E-state index contributed by atoms with van der Waals surface area (Å²) in [5, 5.41) is 6.98. The van der Waals surface area contributed by atoms with Gasteiger partial charge in [-0.1, -0.05) is 11.6 Å². The van der Waals surface area contributed by atoms with Crippen LogP contribution in [0.5, 0.6) is 0 Å². The zero-order valence-corrected chi connectivity index (χ0v) is 12.9. The predicted octanol–water partition coefficient (Wildman–Crippen LogP) is 3.83. The fourth-order valence-corrected chi connectivity index (χ4v) is 2.49. The van der Waals surface area contributed by atoms with Crippen molar-refractivity contribution >= 4 is 51.5 Å². The first kappa shape index (κ1) is 13.4. The van der Waals surface area contributed by atoms with E-state index >= 15 is 0 Å². The third-order valence-corrected chi connectivity index (χ3v) is 3.42. The molecule has 2 N–H and O–H groups in total. The van der Waals surface area contributed by atoms with Crippen molar-refractivity contribution in [3.8, 4) is 0 Å². The van der Waals surface area contributed by atoms with Crippen LogP contribution in [0.25, 0.3) is 0 Å². The van der Waals surface area contributed by atoms with Gasteiger partial charge in [-0.15, -0.1) is 0 Å². The maximum Gasteiger partial charge on any atom is 0.136 e. The number of anilines is 3. The summed E-state index contributed by atoms with van der Waals surface area (Å²) in [5.74, 6) is 2.26. The maximum atomic E-state index is 5.92. The molecule has 0 bridgehead atoms. The Morgan fingerprint density at radius 2 is 1.89 bits per heavy atom. The lowest BCUT2D eigenvalue weighted by atomic mass is 10.3. The Morgan fingerprint density at radius 3 is 2.56 bits per heavy atom. The molecule has 0 amide bonds. The largest absolute Gasteiger partial charge is 0.373 e. The predicted molar refractivity (Wildman–Crippen MR) is 83.8 cm³/mol. The second-order valence-corrected chi connectivity index (χ2v) is 5.28. The molecule has 0 saturated carbocycles. The second kappa shape index (κ2) is 5.71. The fourth-order valence-electron chi connectivity index (χ4n) is 1.49. The average Bonchev–Trinajstić information content (AvgIpc) is 2.32. The van der Waals surface area contributed by atoms with E-state index in [0.717, 1.165) is 25.9 Å². The Morgan fingerprint density at radius 1 is 1.17 bits per heavy atom. The first-order valence-corrected chi connectivity index (χ1v) is 6.79. The molecule has 0 saturated heterocycles. The van der Waals surface area contributed by atoms with Gasteiger partial charge in [0.1, 0.15) is 17.5 Å². The Kier molecular flexibility index (Phi) is 4.23. The van der Waals surface area contributed by atoms with Gasteiger partial charge in [0, 0.05) is 21.7 Å². The number of halogens is 2. The molecular formula is C12H12ClIN4. The van der Waals surface area contributed by atoms with Crippen LogP contribution in [-0.2, 0) is 0 Å². The van der Waals surface area contributed by atoms with Gasteiger partial charge >= 0.3 is 0 Å². The summed E-state index contributed by atoms with van der Waals surface area (Å²) in [6, 6.07) is 7.54. The Bertz CT molecular complexity index is 574. The number of nitrogens with one attached hydrogen (secondary N) is 2. The minimum Gasteiger partial charge on any atom is -0.373 e. The monoisotopic (exact) mass is 374 g/mol. The molecule has 94 valence electrons. The summed E-state index contributed by atoms with van der Waals surface area (Å²) < 4.78 is 1.04. The van der Waals surface area contributed by atoms with E-state index in [0.29, 0.717) is 5.82 Å². The molecule has 0 radical (unpaired) electrons. The van der Waals surface area contributed by atoms with Gasteiger partial charge in [0.15, 0.2) is 0 Å². The highest BCUT2D eigenvalue weighted by molar-refractivity contribution is 14.1. The highest BCUT2D eigenvalue weighted by Gasteiger charge is 2.04. The van der Waals surface area contributed by atoms with E-state index < -0.39 is 0 Å². The first-order chi connectivity index (χ1) is 8.58. The van der Waals surface area contributed by atoms with E-state index in [-0.39, 0.29) is 0 Å². The molecule has 2 aromatic rings. The zero-order valence-electron chi connectivity index (χ0n) is 9.96. The fraction of sp³-hybridized carbons (Fsp3) is 0.167. The summed E-state index contributed by atoms with van der Waals surface area (Å²) in [6.45, 7) is 1.86. The Labute approximate surface area is 124 Å². The van der Waals surface area contributed by atoms with Gasteiger partial charge in [-0.25, -0.2) is 9.97 Å². The molecule has 0 aliphatic heterocycles. The van der Waals surface area contributed by atoms with Crippen LogP contribution >= 0.6 is 34.2 Å². The zero-order chi connectivity index (χ0) is 13.1. The lowest BCUT2D eigenvalue weighted by molar-refractivity contribution is 1.06. The van der Waals surface area contributed by atoms with Crippen LogP contribution in [0.1, 0.15) is 5.82 Å². The van der Waals surface area contributed by atoms with Crippen molar-refractivity contribution in [1.29, 1.82) is 0 Å². The number of rotatable bonds is 3. The lowest BCUT2D eigenvalue weighted by Crippen LogP contribution is -2.01. The van der Waals surface area contributed by atoms with Gasteiger partial charge in [0.25, 0.3) is 0 Å². The highest BCUT2D eigenvalue weighted by atomic mass is 127. The van der Waals surface area contributed by atoms with E-state index in [1.165, 1.54) is 0 Å². The summed E-state index contributed by atoms with van der Waals surface area (Å²) in [4.78, 5) is 8.59. The number of nitrogens with zero attached hydrogens (tertiary/aromatic N) is 2. The maximum absolute atomic E-state index is 5.92. The average molecular weight is 375 g/mol. The molecule has 0 unspecified atom stereocenters. The second-order valence-electron chi connectivity index (χ2n) is 3.68. The number of aromatic nitrogens is 2. The van der Waals surface area contributed by atoms with E-state index in [9.17, 15) is 0 Å². The Hall–Kier alpha value is -1.08. The molecule has 1 aromatic carbocycles. The van der Waals surface area contributed by atoms with Crippen LogP contribution in [0.3, 0.4) is 0 Å². The van der Waals surface area contributed by atoms with Crippen molar-refractivity contribution in [1.82, 2.24) is 9.97 Å². The standard InChI is InChI=1S/C12H12ClIN4/c1-7-16-11(15-2)6-12(17-7)18-10-4-3-8(13)5-9(10)14/h3-6H,1-2H3,(H2,15,16,17,18). The molecule has 18 heavy (non-hydrogen) atoms. The molecule has 4 nitrogen and oxygen atoms in total. The van der Waals surface area contributed by atoms with Crippen molar-refractivity contribution in [2.24, 2.45) is 0 Å². The van der Waals surface area contributed by atoms with E-state index in [4.69, 9.17) is 11.6 Å². The minimum atomic E-state index is 0.716. The van der Waals surface area contributed by atoms with Crippen LogP contribution in [0, 0.1) is 10.5 Å². The summed E-state index contributed by atoms with van der Waals surface area (Å²) in [7, 11) is 1.83. The van der Waals surface area contributed by atoms with Gasteiger partial charge in [-0.3, -0.25) is 0 Å². The van der Waals surface area contributed by atoms with Crippen molar-refractivity contribution in [3.63, 3.8) is 0 Å². The van der Waals surface area contributed by atoms with Gasteiger partial charge in [-0.05, 0) is 47.7 Å². The molecule has 0 fully saturated rings. The molecule has 2 rings (SSSR count). The number of hydrogen-bond donors (Lipinski definition) is 2. The van der Waals surface area contributed by atoms with Crippen LogP contribution in [0.2, 0.25) is 5.02 Å². The van der Waals surface area contributed by atoms with E-state index in [1.807, 2.05) is 38.2 Å². The van der Waals surface area contributed by atoms with Gasteiger partial charge in [0.05, 0.1) is 5.69 Å². The topological polar surface area (TPSA) is 49.8 Å². The summed E-state index contributed by atoms with van der Waals surface area (Å²) in [5.41, 5.74) is 0.972. The van der Waals surface area contributed by atoms with Crippen LogP contribution in [0.15, 0.2) is 24.3 Å². The van der Waals surface area contributed by atoms with Gasteiger partial charge in [0.2, 0.25) is 0 Å². The molecule has 6 heteroatoms. The van der Waals surface area contributed by atoms with Crippen LogP contribution in [-0.4, -0.2) is 17.0 Å². The summed E-state index contributed by atoms with van der Waals surface area (Å²) >= 11 is 8.16. The minimum absolute atomic E-state index is 0.716. The smallest absolute Gasteiger partial charge is 0.136 e. The molecule has 0 atom stereocenters. The van der Waals surface area contributed by atoms with Crippen molar-refractivity contribution in [2.45, 2.75) is 6.92 Å². The molecular weight excluding hydrogens is 363 g/mol. The van der Waals surface area contributed by atoms with Crippen molar-refractivity contribution in [2.75, 3.05) is 17.7 Å². The van der Waals surface area contributed by atoms with Crippen LogP contribution < -0.4 is 10.6 Å². The normalized spacial score (nSPS) is 10.2. The first-order valence-electron chi connectivity index (χ1n) is 5.34. The third-order valence-electron chi connectivity index (χ3n) is 2.29. The lowest BCUT2D eigenvalue weighted by Gasteiger charge is -2.10. The molecule has 0 aliphatic rings. The Balaban J connectivity index is 2.30. The number of aryl methyl sites for hydroxylation is 1. The van der Waals surface area contributed by atoms with E-state index in [2.05, 4.69) is 43.2 Å². The SMILES string of the molecule is CNc1cc(Nc2ccc(Cl)cc2I)nc(C)n1. The number of benzene rings is 1. The van der Waals surface area contributed by atoms with Crippen molar-refractivity contribution < 1.29 is 0 Å². The van der Waals surface area contributed by atoms with Gasteiger partial charge in [-0.2, -0.15) is 0 Å². The molecule has 1 aromatic heterocycles.